The molecule has 4 aliphatic rings. The lowest BCUT2D eigenvalue weighted by molar-refractivity contribution is -0.130. The van der Waals surface area contributed by atoms with Gasteiger partial charge < -0.3 is 10.1 Å². The summed E-state index contributed by atoms with van der Waals surface area (Å²) in [6.07, 6.45) is 13.9. The van der Waals surface area contributed by atoms with Gasteiger partial charge in [-0.05, 0) is 79.6 Å². The highest BCUT2D eigenvalue weighted by atomic mass is 16.3. The van der Waals surface area contributed by atoms with Gasteiger partial charge in [0.2, 0.25) is 0 Å². The van der Waals surface area contributed by atoms with E-state index in [2.05, 4.69) is 55.4 Å². The van der Waals surface area contributed by atoms with Crippen LogP contribution in [0.3, 0.4) is 0 Å². The molecular weight excluding hydrogens is 410 g/mol. The van der Waals surface area contributed by atoms with Gasteiger partial charge in [-0.15, -0.1) is 0 Å². The summed E-state index contributed by atoms with van der Waals surface area (Å²) >= 11 is 0. The average molecular weight is 442 g/mol. The molecule has 2 N–H and O–H groups in total. The lowest BCUT2D eigenvalue weighted by atomic mass is 9.52. The lowest BCUT2D eigenvalue weighted by Gasteiger charge is -2.52. The lowest BCUT2D eigenvalue weighted by Crippen LogP contribution is -2.45. The zero-order valence-corrected chi connectivity index (χ0v) is 19.3. The van der Waals surface area contributed by atoms with Gasteiger partial charge in [0.25, 0.3) is 0 Å². The van der Waals surface area contributed by atoms with Crippen LogP contribution in [0.2, 0.25) is 0 Å². The van der Waals surface area contributed by atoms with Crippen LogP contribution in [0.25, 0.3) is 10.9 Å². The van der Waals surface area contributed by atoms with Crippen molar-refractivity contribution in [3.05, 3.63) is 71.5 Å². The summed E-state index contributed by atoms with van der Waals surface area (Å²) in [6, 6.07) is 8.30. The van der Waals surface area contributed by atoms with Crippen molar-refractivity contribution in [2.75, 3.05) is 6.61 Å². The molecule has 33 heavy (non-hydrogen) atoms. The second-order valence-corrected chi connectivity index (χ2v) is 11.0. The van der Waals surface area contributed by atoms with Crippen LogP contribution in [-0.2, 0) is 9.59 Å². The van der Waals surface area contributed by atoms with E-state index >= 15 is 0 Å². The van der Waals surface area contributed by atoms with E-state index in [9.17, 15) is 14.7 Å². The van der Waals surface area contributed by atoms with E-state index in [1.807, 2.05) is 12.1 Å². The number of allylic oxidation sites excluding steroid dienone is 6. The van der Waals surface area contributed by atoms with Gasteiger partial charge in [-0.2, -0.15) is 0 Å². The van der Waals surface area contributed by atoms with Crippen molar-refractivity contribution in [2.24, 2.45) is 28.6 Å². The molecule has 6 rings (SSSR count). The van der Waals surface area contributed by atoms with Gasteiger partial charge in [0.05, 0.1) is 0 Å². The fourth-order valence-corrected chi connectivity index (χ4v) is 7.97. The van der Waals surface area contributed by atoms with E-state index in [-0.39, 0.29) is 34.2 Å². The molecule has 4 aliphatic carbocycles. The van der Waals surface area contributed by atoms with Crippen LogP contribution in [0.5, 0.6) is 0 Å². The number of ketones is 2. The fourth-order valence-electron chi connectivity index (χ4n) is 7.97. The molecule has 2 aromatic rings. The minimum Gasteiger partial charge on any atom is -0.389 e. The highest BCUT2D eigenvalue weighted by Gasteiger charge is 2.60. The predicted octanol–water partition coefficient (Wildman–Crippen LogP) is 5.27. The van der Waals surface area contributed by atoms with Crippen LogP contribution in [0.15, 0.2) is 65.9 Å². The standard InChI is InChI=1S/C29H31NO3/c1-28-11-9-18(32)13-17(28)7-8-20-23(28)10-12-29(2)24(20)14-21(27(29)26(33)16-31)22-15-30-25-6-4-3-5-19(22)25/h3-6,9-11,13,15,20-21,24,27,30-31H,7-8,12,14,16H2,1-2H3/t20?,21-,24?,27-,28+,29+/m1/s1. The number of hydrogen-bond acceptors (Lipinski definition) is 3. The minimum atomic E-state index is -0.400. The van der Waals surface area contributed by atoms with Crippen molar-refractivity contribution >= 4 is 22.5 Å². The third-order valence-electron chi connectivity index (χ3n) is 9.53. The average Bonchev–Trinajstić information content (AvgIpc) is 3.37. The summed E-state index contributed by atoms with van der Waals surface area (Å²) in [5.41, 5.74) is 4.60. The molecule has 2 unspecified atom stereocenters. The summed E-state index contributed by atoms with van der Waals surface area (Å²) in [5.74, 6) is 0.734. The molecule has 1 aromatic carbocycles. The Kier molecular flexibility index (Phi) is 4.51. The molecule has 2 fully saturated rings. The molecule has 2 saturated carbocycles. The van der Waals surface area contributed by atoms with Crippen molar-refractivity contribution in [3.8, 4) is 0 Å². The van der Waals surface area contributed by atoms with Gasteiger partial charge in [0.15, 0.2) is 11.6 Å². The van der Waals surface area contributed by atoms with E-state index in [0.29, 0.717) is 11.8 Å². The monoisotopic (exact) mass is 441 g/mol. The second kappa shape index (κ2) is 7.14. The molecule has 0 aliphatic heterocycles. The van der Waals surface area contributed by atoms with Crippen molar-refractivity contribution in [1.82, 2.24) is 4.98 Å². The number of H-pyrrole nitrogens is 1. The summed E-state index contributed by atoms with van der Waals surface area (Å²) in [4.78, 5) is 28.7. The molecule has 6 atom stereocenters. The smallest absolute Gasteiger partial charge is 0.178 e. The maximum Gasteiger partial charge on any atom is 0.178 e. The maximum absolute atomic E-state index is 13.3. The van der Waals surface area contributed by atoms with Gasteiger partial charge >= 0.3 is 0 Å². The molecule has 170 valence electrons. The van der Waals surface area contributed by atoms with Crippen molar-refractivity contribution in [1.29, 1.82) is 0 Å². The van der Waals surface area contributed by atoms with E-state index in [1.165, 1.54) is 22.1 Å². The van der Waals surface area contributed by atoms with E-state index in [0.717, 1.165) is 31.2 Å². The number of carbonyl (C=O) groups is 2. The number of aromatic amines is 1. The van der Waals surface area contributed by atoms with Crippen LogP contribution in [0, 0.1) is 28.6 Å². The molecular formula is C29H31NO3. The number of nitrogens with one attached hydrogen (secondary N) is 1. The van der Waals surface area contributed by atoms with Crippen LogP contribution in [-0.4, -0.2) is 28.3 Å². The number of rotatable bonds is 3. The van der Waals surface area contributed by atoms with Gasteiger partial charge in [0.1, 0.15) is 6.61 Å². The third-order valence-corrected chi connectivity index (χ3v) is 9.53. The molecule has 1 aromatic heterocycles. The first-order valence-electron chi connectivity index (χ1n) is 12.2. The summed E-state index contributed by atoms with van der Waals surface area (Å²) in [7, 11) is 0. The molecule has 0 saturated heterocycles. The summed E-state index contributed by atoms with van der Waals surface area (Å²) < 4.78 is 0. The molecule has 0 bridgehead atoms. The molecule has 0 radical (unpaired) electrons. The third kappa shape index (κ3) is 2.80. The van der Waals surface area contributed by atoms with Crippen molar-refractivity contribution < 1.29 is 14.7 Å². The number of hydrogen-bond donors (Lipinski definition) is 2. The quantitative estimate of drug-likeness (QED) is 0.638. The van der Waals surface area contributed by atoms with E-state index < -0.39 is 6.61 Å². The first-order chi connectivity index (χ1) is 15.9. The Morgan fingerprint density at radius 3 is 2.85 bits per heavy atom. The van der Waals surface area contributed by atoms with Gasteiger partial charge in [-0.3, -0.25) is 9.59 Å². The number of benzene rings is 1. The molecule has 4 nitrogen and oxygen atoms in total. The number of aromatic nitrogens is 1. The van der Waals surface area contributed by atoms with Crippen molar-refractivity contribution in [3.63, 3.8) is 0 Å². The van der Waals surface area contributed by atoms with Crippen LogP contribution in [0.4, 0.5) is 0 Å². The first-order valence-corrected chi connectivity index (χ1v) is 12.2. The topological polar surface area (TPSA) is 70.2 Å². The summed E-state index contributed by atoms with van der Waals surface area (Å²) in [5, 5.41) is 11.1. The number of para-hydroxylation sites is 1. The number of Topliss-reactive ketones (excluding diaryl/α,β-unsaturated/α-hetero) is 1. The maximum atomic E-state index is 13.3. The van der Waals surface area contributed by atoms with Crippen LogP contribution >= 0.6 is 0 Å². The normalized spacial score (nSPS) is 37.2. The summed E-state index contributed by atoms with van der Waals surface area (Å²) in [6.45, 7) is 4.14. The Labute approximate surface area is 194 Å². The Hall–Kier alpha value is -2.72. The highest BCUT2D eigenvalue weighted by molar-refractivity contribution is 6.01. The van der Waals surface area contributed by atoms with Gasteiger partial charge in [-0.25, -0.2) is 0 Å². The van der Waals surface area contributed by atoms with Crippen molar-refractivity contribution in [2.45, 2.75) is 45.4 Å². The SMILES string of the molecule is C[C@]12C=CC(=O)C=C1CCC1C2=CC[C@@]2(C)C1C[C@H](c1c[nH]c3ccccc13)[C@@H]2C(=O)CO. The number of carbonyl (C=O) groups excluding carboxylic acids is 2. The van der Waals surface area contributed by atoms with E-state index in [1.54, 1.807) is 6.08 Å². The van der Waals surface area contributed by atoms with Crippen LogP contribution < -0.4 is 0 Å². The second-order valence-electron chi connectivity index (χ2n) is 11.0. The van der Waals surface area contributed by atoms with Gasteiger partial charge in [-0.1, -0.05) is 48.4 Å². The van der Waals surface area contributed by atoms with E-state index in [4.69, 9.17) is 0 Å². The minimum absolute atomic E-state index is 0.0297. The zero-order chi connectivity index (χ0) is 23.0. The predicted molar refractivity (Wildman–Crippen MR) is 129 cm³/mol. The number of aliphatic hydroxyl groups excluding tert-OH is 1. The Balaban J connectivity index is 1.45. The number of aliphatic hydroxyl groups is 1. The van der Waals surface area contributed by atoms with Gasteiger partial charge in [0, 0.05) is 28.4 Å². The highest BCUT2D eigenvalue weighted by Crippen LogP contribution is 2.67. The number of fused-ring (bicyclic) bond motifs is 6. The Bertz CT molecular complexity index is 1260. The van der Waals surface area contributed by atoms with Crippen LogP contribution in [0.1, 0.15) is 51.0 Å². The molecule has 4 heteroatoms. The zero-order valence-electron chi connectivity index (χ0n) is 19.3. The molecule has 1 heterocycles. The largest absolute Gasteiger partial charge is 0.389 e. The molecule has 0 amide bonds. The first kappa shape index (κ1) is 20.9. The fraction of sp³-hybridized carbons (Fsp3) is 0.448. The Morgan fingerprint density at radius 2 is 2.03 bits per heavy atom. The molecule has 0 spiro atoms. The Morgan fingerprint density at radius 1 is 1.21 bits per heavy atom.